The zero-order valence-corrected chi connectivity index (χ0v) is 18.9. The molecular formula is C27H20N2O4S. The largest absolute Gasteiger partial charge is 0.454 e. The van der Waals surface area contributed by atoms with Crippen molar-refractivity contribution < 1.29 is 19.1 Å². The van der Waals surface area contributed by atoms with Gasteiger partial charge in [-0.25, -0.2) is 4.98 Å². The number of fused-ring (bicyclic) bond motifs is 1. The minimum atomic E-state index is -0.622. The number of amides is 1. The number of thiazole rings is 1. The molecule has 168 valence electrons. The van der Waals surface area contributed by atoms with Crippen molar-refractivity contribution in [1.29, 1.82) is 0 Å². The lowest BCUT2D eigenvalue weighted by atomic mass is 9.94. The molecule has 1 aliphatic carbocycles. The van der Waals surface area contributed by atoms with Crippen LogP contribution in [0.3, 0.4) is 0 Å². The van der Waals surface area contributed by atoms with Gasteiger partial charge in [0.25, 0.3) is 0 Å². The van der Waals surface area contributed by atoms with Crippen LogP contribution in [0.5, 0.6) is 11.5 Å². The van der Waals surface area contributed by atoms with Crippen LogP contribution in [0.1, 0.15) is 33.6 Å². The van der Waals surface area contributed by atoms with E-state index in [1.54, 1.807) is 12.1 Å². The Morgan fingerprint density at radius 3 is 2.32 bits per heavy atom. The minimum Gasteiger partial charge on any atom is -0.454 e. The Bertz CT molecular complexity index is 1390. The van der Waals surface area contributed by atoms with Crippen LogP contribution < -0.4 is 14.8 Å². The Kier molecular flexibility index (Phi) is 4.92. The van der Waals surface area contributed by atoms with Gasteiger partial charge in [0.2, 0.25) is 18.5 Å². The van der Waals surface area contributed by atoms with Crippen LogP contribution in [0.15, 0.2) is 78.9 Å². The van der Waals surface area contributed by atoms with Gasteiger partial charge in [0, 0.05) is 11.1 Å². The quantitative estimate of drug-likeness (QED) is 0.381. The highest BCUT2D eigenvalue weighted by Crippen LogP contribution is 2.51. The SMILES string of the molecule is O=C(c1ccccc1)c1sc(NC(=O)C2(c3ccc4c(c3)OCO4)CC2)nc1-c1ccccc1. The molecule has 0 atom stereocenters. The predicted octanol–water partition coefficient (Wildman–Crippen LogP) is 5.44. The summed E-state index contributed by atoms with van der Waals surface area (Å²) in [5.74, 6) is 1.11. The summed E-state index contributed by atoms with van der Waals surface area (Å²) in [6.07, 6.45) is 1.48. The second-order valence-corrected chi connectivity index (χ2v) is 9.36. The number of carbonyl (C=O) groups excluding carboxylic acids is 2. The zero-order chi connectivity index (χ0) is 23.1. The van der Waals surface area contributed by atoms with E-state index >= 15 is 0 Å². The minimum absolute atomic E-state index is 0.116. The number of benzene rings is 3. The fraction of sp³-hybridized carbons (Fsp3) is 0.148. The first-order valence-electron chi connectivity index (χ1n) is 11.0. The highest BCUT2D eigenvalue weighted by atomic mass is 32.1. The molecule has 0 unspecified atom stereocenters. The Balaban J connectivity index is 1.33. The summed E-state index contributed by atoms with van der Waals surface area (Å²) in [6.45, 7) is 0.192. The molecule has 34 heavy (non-hydrogen) atoms. The van der Waals surface area contributed by atoms with E-state index in [-0.39, 0.29) is 18.5 Å². The van der Waals surface area contributed by atoms with Gasteiger partial charge < -0.3 is 14.8 Å². The predicted molar refractivity (Wildman–Crippen MR) is 130 cm³/mol. The molecule has 7 heteroatoms. The second kappa shape index (κ2) is 8.11. The second-order valence-electron chi connectivity index (χ2n) is 8.36. The first-order valence-corrected chi connectivity index (χ1v) is 11.8. The van der Waals surface area contributed by atoms with Crippen LogP contribution in [-0.4, -0.2) is 23.5 Å². The zero-order valence-electron chi connectivity index (χ0n) is 18.1. The van der Waals surface area contributed by atoms with E-state index in [1.165, 1.54) is 11.3 Å². The Hall–Kier alpha value is -3.97. The third-order valence-electron chi connectivity index (χ3n) is 6.25. The molecule has 1 aromatic heterocycles. The summed E-state index contributed by atoms with van der Waals surface area (Å²) in [7, 11) is 0. The van der Waals surface area contributed by atoms with Crippen molar-refractivity contribution in [3.63, 3.8) is 0 Å². The van der Waals surface area contributed by atoms with Gasteiger partial charge >= 0.3 is 0 Å². The van der Waals surface area contributed by atoms with Crippen molar-refractivity contribution in [2.24, 2.45) is 0 Å². The van der Waals surface area contributed by atoms with Crippen molar-refractivity contribution in [3.05, 3.63) is 94.9 Å². The topological polar surface area (TPSA) is 77.5 Å². The average molecular weight is 469 g/mol. The lowest BCUT2D eigenvalue weighted by Gasteiger charge is -2.15. The van der Waals surface area contributed by atoms with Crippen LogP contribution in [-0.2, 0) is 10.2 Å². The summed E-state index contributed by atoms with van der Waals surface area (Å²) < 4.78 is 10.9. The van der Waals surface area contributed by atoms with Gasteiger partial charge in [0.05, 0.1) is 11.1 Å². The van der Waals surface area contributed by atoms with E-state index in [1.807, 2.05) is 66.7 Å². The molecule has 1 fully saturated rings. The molecule has 0 saturated heterocycles. The summed E-state index contributed by atoms with van der Waals surface area (Å²) in [6, 6.07) is 24.3. The van der Waals surface area contributed by atoms with Crippen LogP contribution >= 0.6 is 11.3 Å². The van der Waals surface area contributed by atoms with Gasteiger partial charge in [0.1, 0.15) is 4.88 Å². The summed E-state index contributed by atoms with van der Waals surface area (Å²) in [5.41, 5.74) is 2.26. The summed E-state index contributed by atoms with van der Waals surface area (Å²) >= 11 is 1.21. The van der Waals surface area contributed by atoms with Crippen molar-refractivity contribution in [3.8, 4) is 22.8 Å². The maximum Gasteiger partial charge on any atom is 0.236 e. The highest BCUT2D eigenvalue weighted by molar-refractivity contribution is 7.18. The molecule has 0 radical (unpaired) electrons. The number of hydrogen-bond donors (Lipinski definition) is 1. The lowest BCUT2D eigenvalue weighted by molar-refractivity contribution is -0.118. The van der Waals surface area contributed by atoms with E-state index < -0.39 is 5.41 Å². The van der Waals surface area contributed by atoms with Crippen LogP contribution in [0.2, 0.25) is 0 Å². The van der Waals surface area contributed by atoms with E-state index in [2.05, 4.69) is 10.3 Å². The molecule has 1 amide bonds. The van der Waals surface area contributed by atoms with Gasteiger partial charge in [0.15, 0.2) is 16.6 Å². The summed E-state index contributed by atoms with van der Waals surface area (Å²) in [5, 5.41) is 3.40. The van der Waals surface area contributed by atoms with E-state index in [9.17, 15) is 9.59 Å². The van der Waals surface area contributed by atoms with Gasteiger partial charge in [-0.2, -0.15) is 0 Å². The van der Waals surface area contributed by atoms with Crippen molar-refractivity contribution in [2.45, 2.75) is 18.3 Å². The number of nitrogens with one attached hydrogen (secondary N) is 1. The molecule has 1 saturated carbocycles. The fourth-order valence-corrected chi connectivity index (χ4v) is 5.17. The molecule has 0 spiro atoms. The molecule has 3 aromatic carbocycles. The molecule has 1 N–H and O–H groups in total. The van der Waals surface area contributed by atoms with Crippen molar-refractivity contribution in [2.75, 3.05) is 12.1 Å². The van der Waals surface area contributed by atoms with Gasteiger partial charge in [-0.15, -0.1) is 0 Å². The number of ketones is 1. The average Bonchev–Trinajstić information content (AvgIpc) is 3.38. The van der Waals surface area contributed by atoms with Crippen LogP contribution in [0.4, 0.5) is 5.13 Å². The number of carbonyl (C=O) groups is 2. The molecular weight excluding hydrogens is 448 g/mol. The standard InChI is InChI=1S/C27H20N2O4S/c30-23(18-9-5-2-6-10-18)24-22(17-7-3-1-4-8-17)28-26(34-24)29-25(31)27(13-14-27)19-11-12-20-21(15-19)33-16-32-20/h1-12,15H,13-14,16H2,(H,28,29,31). The normalized spacial score (nSPS) is 15.1. The molecule has 4 aromatic rings. The maximum atomic E-state index is 13.4. The number of aromatic nitrogens is 1. The number of anilines is 1. The summed E-state index contributed by atoms with van der Waals surface area (Å²) in [4.78, 5) is 31.9. The Morgan fingerprint density at radius 1 is 0.882 bits per heavy atom. The molecule has 0 bridgehead atoms. The highest BCUT2D eigenvalue weighted by Gasteiger charge is 2.52. The lowest BCUT2D eigenvalue weighted by Crippen LogP contribution is -2.27. The van der Waals surface area contributed by atoms with Gasteiger partial charge in [-0.05, 0) is 30.5 Å². The van der Waals surface area contributed by atoms with Crippen molar-refractivity contribution in [1.82, 2.24) is 4.98 Å². The fourth-order valence-electron chi connectivity index (χ4n) is 4.22. The third-order valence-corrected chi connectivity index (χ3v) is 7.22. The number of ether oxygens (including phenoxy) is 2. The molecule has 1 aliphatic heterocycles. The Labute approximate surface area is 200 Å². The van der Waals surface area contributed by atoms with Gasteiger partial charge in [-0.1, -0.05) is 78.1 Å². The van der Waals surface area contributed by atoms with Crippen molar-refractivity contribution >= 4 is 28.2 Å². The third kappa shape index (κ3) is 3.54. The smallest absolute Gasteiger partial charge is 0.236 e. The van der Waals surface area contributed by atoms with Gasteiger partial charge in [-0.3, -0.25) is 9.59 Å². The Morgan fingerprint density at radius 2 is 1.59 bits per heavy atom. The number of hydrogen-bond acceptors (Lipinski definition) is 6. The number of rotatable bonds is 6. The monoisotopic (exact) mass is 468 g/mol. The van der Waals surface area contributed by atoms with E-state index in [4.69, 9.17) is 9.47 Å². The molecule has 2 heterocycles. The maximum absolute atomic E-state index is 13.4. The van der Waals surface area contributed by atoms with Crippen LogP contribution in [0, 0.1) is 0 Å². The van der Waals surface area contributed by atoms with Crippen LogP contribution in [0.25, 0.3) is 11.3 Å². The first kappa shape index (κ1) is 20.6. The van der Waals surface area contributed by atoms with E-state index in [0.29, 0.717) is 32.8 Å². The molecule has 6 nitrogen and oxygen atoms in total. The van der Waals surface area contributed by atoms with E-state index in [0.717, 1.165) is 24.0 Å². The molecule has 2 aliphatic rings. The molecule has 6 rings (SSSR count). The number of nitrogens with zero attached hydrogens (tertiary/aromatic N) is 1. The first-order chi connectivity index (χ1) is 16.6.